The molecule has 3 rings (SSSR count). The molecule has 20 heavy (non-hydrogen) atoms. The van der Waals surface area contributed by atoms with Gasteiger partial charge >= 0.3 is 0 Å². The molecule has 2 nitrogen and oxygen atoms in total. The Labute approximate surface area is 121 Å². The molecule has 0 spiro atoms. The molecule has 0 radical (unpaired) electrons. The Morgan fingerprint density at radius 3 is 2.85 bits per heavy atom. The van der Waals surface area contributed by atoms with Gasteiger partial charge < -0.3 is 5.32 Å². The van der Waals surface area contributed by atoms with Crippen LogP contribution in [0.2, 0.25) is 0 Å². The van der Waals surface area contributed by atoms with E-state index in [9.17, 15) is 0 Å². The van der Waals surface area contributed by atoms with Crippen LogP contribution in [0.15, 0.2) is 36.5 Å². The molecular formula is C18H24N2. The summed E-state index contributed by atoms with van der Waals surface area (Å²) in [6, 6.07) is 10.8. The van der Waals surface area contributed by atoms with Gasteiger partial charge in [-0.25, -0.2) is 0 Å². The molecule has 2 aromatic rings. The summed E-state index contributed by atoms with van der Waals surface area (Å²) in [5, 5.41) is 5.18. The first kappa shape index (κ1) is 13.6. The van der Waals surface area contributed by atoms with E-state index in [0.717, 1.165) is 12.1 Å². The number of hydrogen-bond acceptors (Lipinski definition) is 2. The third kappa shape index (κ3) is 2.22. The van der Waals surface area contributed by atoms with Gasteiger partial charge in [0.05, 0.1) is 5.52 Å². The maximum Gasteiger partial charge on any atom is 0.0705 e. The van der Waals surface area contributed by atoms with E-state index in [1.54, 1.807) is 0 Å². The fourth-order valence-electron chi connectivity index (χ4n) is 3.63. The summed E-state index contributed by atoms with van der Waals surface area (Å²) < 4.78 is 0. The standard InChI is InChI=1S/C18H24N2/c1-14(2)18(11-4-3-5-13-20-18)16-9-6-10-17-15(16)8-7-12-19-17/h6-10,12,14,20H,3-5,11,13H2,1-2H3. The largest absolute Gasteiger partial charge is 0.307 e. The van der Waals surface area contributed by atoms with Crippen LogP contribution in [0.4, 0.5) is 0 Å². The van der Waals surface area contributed by atoms with E-state index in [0.29, 0.717) is 5.92 Å². The molecule has 0 bridgehead atoms. The number of nitrogens with one attached hydrogen (secondary N) is 1. The van der Waals surface area contributed by atoms with Crippen LogP contribution in [0.1, 0.15) is 45.1 Å². The average molecular weight is 268 g/mol. The second-order valence-electron chi connectivity index (χ2n) is 6.24. The Morgan fingerprint density at radius 1 is 1.10 bits per heavy atom. The molecule has 1 aromatic carbocycles. The van der Waals surface area contributed by atoms with Gasteiger partial charge in [0.1, 0.15) is 0 Å². The Bertz CT molecular complexity index is 575. The van der Waals surface area contributed by atoms with E-state index in [4.69, 9.17) is 0 Å². The SMILES string of the molecule is CC(C)C1(c2cccc3ncccc23)CCCCCN1. The van der Waals surface area contributed by atoms with Gasteiger partial charge in [-0.1, -0.05) is 44.9 Å². The quantitative estimate of drug-likeness (QED) is 0.880. The van der Waals surface area contributed by atoms with Crippen molar-refractivity contribution < 1.29 is 0 Å². The topological polar surface area (TPSA) is 24.9 Å². The highest BCUT2D eigenvalue weighted by molar-refractivity contribution is 5.83. The van der Waals surface area contributed by atoms with Crippen LogP contribution in [-0.4, -0.2) is 11.5 Å². The predicted octanol–water partition coefficient (Wildman–Crippen LogP) is 4.25. The summed E-state index contributed by atoms with van der Waals surface area (Å²) in [5.74, 6) is 0.575. The molecule has 1 unspecified atom stereocenters. The number of hydrogen-bond donors (Lipinski definition) is 1. The van der Waals surface area contributed by atoms with E-state index >= 15 is 0 Å². The molecule has 1 saturated heterocycles. The Kier molecular flexibility index (Phi) is 3.75. The molecular weight excluding hydrogens is 244 g/mol. The first-order valence-corrected chi connectivity index (χ1v) is 7.83. The molecule has 1 aliphatic rings. The van der Waals surface area contributed by atoms with Gasteiger partial charge in [0.15, 0.2) is 0 Å². The molecule has 1 atom stereocenters. The number of rotatable bonds is 2. The lowest BCUT2D eigenvalue weighted by molar-refractivity contribution is 0.233. The number of aromatic nitrogens is 1. The molecule has 0 saturated carbocycles. The van der Waals surface area contributed by atoms with Crippen molar-refractivity contribution in [3.05, 3.63) is 42.1 Å². The molecule has 1 aliphatic heterocycles. The van der Waals surface area contributed by atoms with Gasteiger partial charge in [-0.3, -0.25) is 4.98 Å². The number of pyridine rings is 1. The first-order valence-electron chi connectivity index (χ1n) is 7.83. The van der Waals surface area contributed by atoms with Crippen molar-refractivity contribution in [1.29, 1.82) is 0 Å². The average Bonchev–Trinajstić information content (AvgIpc) is 2.73. The van der Waals surface area contributed by atoms with Crippen LogP contribution in [0.3, 0.4) is 0 Å². The van der Waals surface area contributed by atoms with E-state index in [1.807, 2.05) is 6.20 Å². The lowest BCUT2D eigenvalue weighted by Crippen LogP contribution is -2.46. The molecule has 0 aliphatic carbocycles. The van der Waals surface area contributed by atoms with Gasteiger partial charge in [-0.2, -0.15) is 0 Å². The van der Waals surface area contributed by atoms with Crippen LogP contribution in [0, 0.1) is 5.92 Å². The van der Waals surface area contributed by atoms with Crippen LogP contribution >= 0.6 is 0 Å². The number of fused-ring (bicyclic) bond motifs is 1. The monoisotopic (exact) mass is 268 g/mol. The second-order valence-corrected chi connectivity index (χ2v) is 6.24. The van der Waals surface area contributed by atoms with Crippen LogP contribution in [0.5, 0.6) is 0 Å². The molecule has 2 heterocycles. The summed E-state index contributed by atoms with van der Waals surface area (Å²) in [5.41, 5.74) is 2.63. The molecule has 2 heteroatoms. The van der Waals surface area contributed by atoms with Crippen LogP contribution < -0.4 is 5.32 Å². The maximum absolute atomic E-state index is 4.52. The highest BCUT2D eigenvalue weighted by atomic mass is 15.0. The highest BCUT2D eigenvalue weighted by Gasteiger charge is 2.36. The van der Waals surface area contributed by atoms with E-state index < -0.39 is 0 Å². The molecule has 1 fully saturated rings. The summed E-state index contributed by atoms with van der Waals surface area (Å²) in [4.78, 5) is 4.52. The van der Waals surface area contributed by atoms with Crippen molar-refractivity contribution in [3.63, 3.8) is 0 Å². The molecule has 106 valence electrons. The zero-order valence-electron chi connectivity index (χ0n) is 12.5. The van der Waals surface area contributed by atoms with Gasteiger partial charge in [0.25, 0.3) is 0 Å². The molecule has 1 aromatic heterocycles. The minimum atomic E-state index is 0.0963. The van der Waals surface area contributed by atoms with E-state index in [2.05, 4.69) is 54.5 Å². The summed E-state index contributed by atoms with van der Waals surface area (Å²) in [6.45, 7) is 5.80. The summed E-state index contributed by atoms with van der Waals surface area (Å²) in [6.07, 6.45) is 7.04. The normalized spacial score (nSPS) is 23.9. The van der Waals surface area contributed by atoms with Gasteiger partial charge in [0, 0.05) is 17.1 Å². The van der Waals surface area contributed by atoms with Gasteiger partial charge in [-0.15, -0.1) is 0 Å². The lowest BCUT2D eigenvalue weighted by atomic mass is 9.75. The Balaban J connectivity index is 2.19. The third-order valence-corrected chi connectivity index (χ3v) is 4.80. The maximum atomic E-state index is 4.52. The van der Waals surface area contributed by atoms with Crippen molar-refractivity contribution in [2.45, 2.75) is 45.1 Å². The minimum absolute atomic E-state index is 0.0963. The fourth-order valence-corrected chi connectivity index (χ4v) is 3.63. The molecule has 1 N–H and O–H groups in total. The van der Waals surface area contributed by atoms with Crippen molar-refractivity contribution in [2.75, 3.05) is 6.54 Å². The highest BCUT2D eigenvalue weighted by Crippen LogP contribution is 2.39. The van der Waals surface area contributed by atoms with E-state index in [-0.39, 0.29) is 5.54 Å². The number of nitrogens with zero attached hydrogens (tertiary/aromatic N) is 1. The zero-order valence-corrected chi connectivity index (χ0v) is 12.5. The fraction of sp³-hybridized carbons (Fsp3) is 0.500. The van der Waals surface area contributed by atoms with Gasteiger partial charge in [0.2, 0.25) is 0 Å². The van der Waals surface area contributed by atoms with Crippen LogP contribution in [0.25, 0.3) is 10.9 Å². The first-order chi connectivity index (χ1) is 9.74. The zero-order chi connectivity index (χ0) is 14.0. The lowest BCUT2D eigenvalue weighted by Gasteiger charge is -2.39. The third-order valence-electron chi connectivity index (χ3n) is 4.80. The van der Waals surface area contributed by atoms with Crippen LogP contribution in [-0.2, 0) is 5.54 Å². The molecule has 0 amide bonds. The van der Waals surface area contributed by atoms with Crippen molar-refractivity contribution >= 4 is 10.9 Å². The second kappa shape index (κ2) is 5.53. The summed E-state index contributed by atoms with van der Waals surface area (Å²) >= 11 is 0. The minimum Gasteiger partial charge on any atom is -0.307 e. The smallest absolute Gasteiger partial charge is 0.0705 e. The number of benzene rings is 1. The van der Waals surface area contributed by atoms with Crippen molar-refractivity contribution in [2.24, 2.45) is 5.92 Å². The predicted molar refractivity (Wildman–Crippen MR) is 84.7 cm³/mol. The Morgan fingerprint density at radius 2 is 2.00 bits per heavy atom. The van der Waals surface area contributed by atoms with Crippen molar-refractivity contribution in [3.8, 4) is 0 Å². The Hall–Kier alpha value is -1.41. The van der Waals surface area contributed by atoms with Gasteiger partial charge in [-0.05, 0) is 43.0 Å². The summed E-state index contributed by atoms with van der Waals surface area (Å²) in [7, 11) is 0. The van der Waals surface area contributed by atoms with E-state index in [1.165, 1.54) is 36.6 Å². The van der Waals surface area contributed by atoms with Crippen molar-refractivity contribution in [1.82, 2.24) is 10.3 Å².